The van der Waals surface area contributed by atoms with Gasteiger partial charge in [-0.15, -0.1) is 0 Å². The van der Waals surface area contributed by atoms with E-state index in [1.54, 1.807) is 42.5 Å². The van der Waals surface area contributed by atoms with Gasteiger partial charge in [-0.1, -0.05) is 17.7 Å². The van der Waals surface area contributed by atoms with E-state index in [4.69, 9.17) is 21.1 Å². The van der Waals surface area contributed by atoms with Gasteiger partial charge in [-0.05, 0) is 49.2 Å². The zero-order chi connectivity index (χ0) is 20.6. The van der Waals surface area contributed by atoms with Gasteiger partial charge in [0.05, 0.1) is 24.8 Å². The zero-order valence-corrected chi connectivity index (χ0v) is 16.9. The van der Waals surface area contributed by atoms with Crippen LogP contribution in [0.2, 0.25) is 5.02 Å². The van der Waals surface area contributed by atoms with Crippen LogP contribution in [0.25, 0.3) is 0 Å². The molecule has 1 fully saturated rings. The fourth-order valence-corrected chi connectivity index (χ4v) is 3.27. The molecule has 1 aliphatic rings. The van der Waals surface area contributed by atoms with Crippen LogP contribution in [-0.2, 0) is 9.53 Å². The van der Waals surface area contributed by atoms with E-state index in [-0.39, 0.29) is 24.5 Å². The quantitative estimate of drug-likeness (QED) is 0.613. The summed E-state index contributed by atoms with van der Waals surface area (Å²) >= 11 is 6.06. The van der Waals surface area contributed by atoms with Crippen LogP contribution in [-0.4, -0.2) is 44.7 Å². The summed E-state index contributed by atoms with van der Waals surface area (Å²) < 4.78 is 10.6. The third-order valence-corrected chi connectivity index (χ3v) is 4.82. The minimum atomic E-state index is -0.237. The predicted octanol–water partition coefficient (Wildman–Crippen LogP) is 3.31. The number of carbonyl (C=O) groups excluding carboxylic acids is 2. The lowest BCUT2D eigenvalue weighted by Crippen LogP contribution is -2.31. The van der Waals surface area contributed by atoms with Crippen molar-refractivity contribution in [2.75, 3.05) is 37.4 Å². The van der Waals surface area contributed by atoms with E-state index < -0.39 is 0 Å². The van der Waals surface area contributed by atoms with Gasteiger partial charge in [-0.25, -0.2) is 0 Å². The molecule has 0 saturated carbocycles. The first kappa shape index (κ1) is 21.0. The molecule has 1 unspecified atom stereocenters. The zero-order valence-electron chi connectivity index (χ0n) is 16.2. The van der Waals surface area contributed by atoms with Crippen LogP contribution in [0.4, 0.5) is 11.4 Å². The van der Waals surface area contributed by atoms with Crippen molar-refractivity contribution in [3.63, 3.8) is 0 Å². The molecule has 2 aromatic rings. The van der Waals surface area contributed by atoms with E-state index in [1.165, 1.54) is 7.11 Å². The molecule has 2 aromatic carbocycles. The summed E-state index contributed by atoms with van der Waals surface area (Å²) in [6, 6.07) is 12.0. The maximum atomic E-state index is 12.3. The standard InChI is InChI=1S/C21H24ClN3O4/c1-28-19-8-7-16(11-18(19)22)25-20(26)13-23-15-5-2-4-14(10-15)21(27)24-12-17-6-3-9-29-17/h2,4-5,7-8,10-11,17,23H,3,6,9,12-13H2,1H3,(H,24,27)(H,25,26). The first-order valence-electron chi connectivity index (χ1n) is 9.42. The highest BCUT2D eigenvalue weighted by molar-refractivity contribution is 6.32. The number of carbonyl (C=O) groups is 2. The highest BCUT2D eigenvalue weighted by atomic mass is 35.5. The Bertz CT molecular complexity index is 869. The highest BCUT2D eigenvalue weighted by Gasteiger charge is 2.16. The first-order valence-corrected chi connectivity index (χ1v) is 9.80. The fourth-order valence-electron chi connectivity index (χ4n) is 3.02. The molecule has 3 rings (SSSR count). The van der Waals surface area contributed by atoms with E-state index in [9.17, 15) is 9.59 Å². The number of amides is 2. The third-order valence-electron chi connectivity index (χ3n) is 4.53. The molecule has 1 saturated heterocycles. The van der Waals surface area contributed by atoms with E-state index in [1.807, 2.05) is 0 Å². The topological polar surface area (TPSA) is 88.7 Å². The van der Waals surface area contributed by atoms with Crippen molar-refractivity contribution in [2.45, 2.75) is 18.9 Å². The molecule has 0 aliphatic carbocycles. The maximum Gasteiger partial charge on any atom is 0.251 e. The number of halogens is 1. The number of benzene rings is 2. The van der Waals surface area contributed by atoms with Crippen LogP contribution in [0.5, 0.6) is 5.75 Å². The van der Waals surface area contributed by atoms with Crippen LogP contribution in [0, 0.1) is 0 Å². The molecule has 154 valence electrons. The molecule has 8 heteroatoms. The normalized spacial score (nSPS) is 15.6. The Balaban J connectivity index is 1.49. The monoisotopic (exact) mass is 417 g/mol. The average molecular weight is 418 g/mol. The number of methoxy groups -OCH3 is 1. The van der Waals surface area contributed by atoms with E-state index in [2.05, 4.69) is 16.0 Å². The number of nitrogens with one attached hydrogen (secondary N) is 3. The molecule has 0 bridgehead atoms. The lowest BCUT2D eigenvalue weighted by atomic mass is 10.1. The van der Waals surface area contributed by atoms with Gasteiger partial charge < -0.3 is 25.4 Å². The molecule has 1 atom stereocenters. The van der Waals surface area contributed by atoms with E-state index in [0.717, 1.165) is 19.4 Å². The van der Waals surface area contributed by atoms with Crippen molar-refractivity contribution in [1.29, 1.82) is 0 Å². The third kappa shape index (κ3) is 6.10. The van der Waals surface area contributed by atoms with Gasteiger partial charge in [-0.2, -0.15) is 0 Å². The Labute approximate surface area is 174 Å². The van der Waals surface area contributed by atoms with Gasteiger partial charge in [-0.3, -0.25) is 9.59 Å². The molecular weight excluding hydrogens is 394 g/mol. The van der Waals surface area contributed by atoms with Crippen molar-refractivity contribution < 1.29 is 19.1 Å². The van der Waals surface area contributed by atoms with Crippen molar-refractivity contribution in [1.82, 2.24) is 5.32 Å². The number of hydrogen-bond donors (Lipinski definition) is 3. The van der Waals surface area contributed by atoms with Crippen molar-refractivity contribution in [3.05, 3.63) is 53.1 Å². The van der Waals surface area contributed by atoms with Crippen molar-refractivity contribution >= 4 is 34.8 Å². The van der Waals surface area contributed by atoms with Gasteiger partial charge in [0.25, 0.3) is 5.91 Å². The van der Waals surface area contributed by atoms with Gasteiger partial charge in [0.15, 0.2) is 0 Å². The Morgan fingerprint density at radius 1 is 1.21 bits per heavy atom. The van der Waals surface area contributed by atoms with Crippen molar-refractivity contribution in [3.8, 4) is 5.75 Å². The summed E-state index contributed by atoms with van der Waals surface area (Å²) in [5.41, 5.74) is 1.78. The molecule has 0 radical (unpaired) electrons. The summed E-state index contributed by atoms with van der Waals surface area (Å²) in [6.07, 6.45) is 2.09. The number of ether oxygens (including phenoxy) is 2. The molecule has 0 aromatic heterocycles. The molecular formula is C21H24ClN3O4. The lowest BCUT2D eigenvalue weighted by molar-refractivity contribution is -0.114. The SMILES string of the molecule is COc1ccc(NC(=O)CNc2cccc(C(=O)NCC3CCCO3)c2)cc1Cl. The lowest BCUT2D eigenvalue weighted by Gasteiger charge is -2.12. The van der Waals surface area contributed by atoms with Gasteiger partial charge in [0, 0.05) is 30.1 Å². The number of anilines is 2. The molecule has 2 amide bonds. The van der Waals surface area contributed by atoms with Crippen molar-refractivity contribution in [2.24, 2.45) is 0 Å². The fraction of sp³-hybridized carbons (Fsp3) is 0.333. The maximum absolute atomic E-state index is 12.3. The molecule has 0 spiro atoms. The molecule has 3 N–H and O–H groups in total. The van der Waals surface area contributed by atoms with Gasteiger partial charge in [0.1, 0.15) is 5.75 Å². The number of hydrogen-bond acceptors (Lipinski definition) is 5. The van der Waals surface area contributed by atoms with Crippen LogP contribution in [0.15, 0.2) is 42.5 Å². The second kappa shape index (κ2) is 10.1. The van der Waals surface area contributed by atoms with E-state index in [0.29, 0.717) is 34.3 Å². The van der Waals surface area contributed by atoms with Crippen LogP contribution in [0.3, 0.4) is 0 Å². The first-order chi connectivity index (χ1) is 14.0. The van der Waals surface area contributed by atoms with Crippen LogP contribution >= 0.6 is 11.6 Å². The average Bonchev–Trinajstić information content (AvgIpc) is 3.24. The van der Waals surface area contributed by atoms with Gasteiger partial charge in [0.2, 0.25) is 5.91 Å². The minimum absolute atomic E-state index is 0.0463. The molecule has 29 heavy (non-hydrogen) atoms. The Kier molecular flexibility index (Phi) is 7.32. The Hall–Kier alpha value is -2.77. The summed E-state index contributed by atoms with van der Waals surface area (Å²) in [5.74, 6) is 0.137. The van der Waals surface area contributed by atoms with Crippen LogP contribution in [0.1, 0.15) is 23.2 Å². The highest BCUT2D eigenvalue weighted by Crippen LogP contribution is 2.27. The summed E-state index contributed by atoms with van der Waals surface area (Å²) in [6.45, 7) is 1.30. The smallest absolute Gasteiger partial charge is 0.251 e. The second-order valence-corrected chi connectivity index (χ2v) is 7.08. The second-order valence-electron chi connectivity index (χ2n) is 6.68. The molecule has 1 aliphatic heterocycles. The summed E-state index contributed by atoms with van der Waals surface area (Å²) in [4.78, 5) is 24.5. The Morgan fingerprint density at radius 3 is 2.79 bits per heavy atom. The number of rotatable bonds is 8. The minimum Gasteiger partial charge on any atom is -0.495 e. The Morgan fingerprint density at radius 2 is 2.07 bits per heavy atom. The molecule has 1 heterocycles. The van der Waals surface area contributed by atoms with Crippen LogP contribution < -0.4 is 20.7 Å². The largest absolute Gasteiger partial charge is 0.495 e. The van der Waals surface area contributed by atoms with E-state index >= 15 is 0 Å². The van der Waals surface area contributed by atoms with Gasteiger partial charge >= 0.3 is 0 Å². The predicted molar refractivity (Wildman–Crippen MR) is 113 cm³/mol. The summed E-state index contributed by atoms with van der Waals surface area (Å²) in [5, 5.41) is 9.08. The summed E-state index contributed by atoms with van der Waals surface area (Å²) in [7, 11) is 1.53. The molecule has 7 nitrogen and oxygen atoms in total.